The number of nitrogens with two attached hydrogens (primary N) is 3. The molecule has 5 amide bonds. The van der Waals surface area contributed by atoms with Gasteiger partial charge in [0.05, 0.1) is 12.5 Å². The van der Waals surface area contributed by atoms with Crippen LogP contribution in [0.15, 0.2) is 30.3 Å². The third-order valence-electron chi connectivity index (χ3n) is 5.22. The van der Waals surface area contributed by atoms with Gasteiger partial charge in [-0.2, -0.15) is 0 Å². The molecular weight excluding hydrogens is 472 g/mol. The zero-order valence-electron chi connectivity index (χ0n) is 20.2. The van der Waals surface area contributed by atoms with E-state index in [9.17, 15) is 33.9 Å². The topological polar surface area (TPSA) is 237 Å². The van der Waals surface area contributed by atoms with Gasteiger partial charge in [-0.1, -0.05) is 44.2 Å². The average Bonchev–Trinajstić information content (AvgIpc) is 2.79. The Morgan fingerprint density at radius 1 is 0.833 bits per heavy atom. The molecular formula is C23H34N6O7. The molecule has 36 heavy (non-hydrogen) atoms. The summed E-state index contributed by atoms with van der Waals surface area (Å²) in [4.78, 5) is 72.1. The monoisotopic (exact) mass is 506 g/mol. The van der Waals surface area contributed by atoms with Crippen LogP contribution in [0.4, 0.5) is 0 Å². The Hall–Kier alpha value is -4.00. The lowest BCUT2D eigenvalue weighted by atomic mass is 10.00. The molecule has 198 valence electrons. The Bertz CT molecular complexity index is 954. The Balaban J connectivity index is 3.06. The van der Waals surface area contributed by atoms with E-state index < -0.39 is 72.0 Å². The molecule has 0 aliphatic heterocycles. The molecule has 1 aromatic carbocycles. The summed E-state index contributed by atoms with van der Waals surface area (Å²) in [6.45, 7) is 3.25. The molecule has 0 aromatic heterocycles. The van der Waals surface area contributed by atoms with E-state index in [0.717, 1.165) is 0 Å². The highest BCUT2D eigenvalue weighted by molar-refractivity contribution is 5.95. The molecule has 0 aliphatic carbocycles. The van der Waals surface area contributed by atoms with Crippen LogP contribution in [0.2, 0.25) is 0 Å². The number of carbonyl (C=O) groups excluding carboxylic acids is 5. The largest absolute Gasteiger partial charge is 0.480 e. The zero-order chi connectivity index (χ0) is 27.4. The van der Waals surface area contributed by atoms with E-state index in [1.54, 1.807) is 44.2 Å². The zero-order valence-corrected chi connectivity index (χ0v) is 20.2. The third kappa shape index (κ3) is 10.5. The number of nitrogens with one attached hydrogen (secondary N) is 3. The molecule has 4 atom stereocenters. The van der Waals surface area contributed by atoms with Gasteiger partial charge in [0.2, 0.25) is 29.5 Å². The molecule has 0 saturated carbocycles. The molecule has 0 radical (unpaired) electrons. The number of amides is 5. The van der Waals surface area contributed by atoms with Crippen LogP contribution in [-0.4, -0.2) is 64.8 Å². The van der Waals surface area contributed by atoms with Crippen LogP contribution in [0.1, 0.15) is 38.7 Å². The van der Waals surface area contributed by atoms with Gasteiger partial charge in [0.1, 0.15) is 18.1 Å². The molecule has 0 heterocycles. The number of primary amides is 2. The summed E-state index contributed by atoms with van der Waals surface area (Å²) >= 11 is 0. The smallest absolute Gasteiger partial charge is 0.326 e. The lowest BCUT2D eigenvalue weighted by molar-refractivity contribution is -0.144. The molecule has 0 spiro atoms. The molecule has 0 fully saturated rings. The fraction of sp³-hybridized carbons (Fsp3) is 0.478. The number of carboxylic acids is 1. The van der Waals surface area contributed by atoms with Crippen LogP contribution in [0.3, 0.4) is 0 Å². The molecule has 4 unspecified atom stereocenters. The molecule has 0 bridgehead atoms. The molecule has 13 nitrogen and oxygen atoms in total. The molecule has 0 aliphatic rings. The minimum absolute atomic E-state index is 0.0195. The number of hydrogen-bond acceptors (Lipinski definition) is 7. The summed E-state index contributed by atoms with van der Waals surface area (Å²) in [6, 6.07) is 3.76. The maximum atomic E-state index is 13.2. The highest BCUT2D eigenvalue weighted by Gasteiger charge is 2.32. The van der Waals surface area contributed by atoms with E-state index in [1.165, 1.54) is 0 Å². The Morgan fingerprint density at radius 3 is 1.92 bits per heavy atom. The first-order valence-electron chi connectivity index (χ1n) is 11.3. The number of rotatable bonds is 15. The van der Waals surface area contributed by atoms with Gasteiger partial charge in [-0.05, 0) is 17.9 Å². The van der Waals surface area contributed by atoms with Crippen molar-refractivity contribution in [1.82, 2.24) is 16.0 Å². The number of aliphatic carboxylic acids is 1. The highest BCUT2D eigenvalue weighted by atomic mass is 16.4. The Kier molecular flexibility index (Phi) is 12.0. The summed E-state index contributed by atoms with van der Waals surface area (Å²) in [5.41, 5.74) is 16.7. The number of hydrogen-bond donors (Lipinski definition) is 7. The first-order valence-corrected chi connectivity index (χ1v) is 11.3. The summed E-state index contributed by atoms with van der Waals surface area (Å²) in [5.74, 6) is -5.74. The van der Waals surface area contributed by atoms with Gasteiger partial charge in [0.15, 0.2) is 0 Å². The van der Waals surface area contributed by atoms with Crippen molar-refractivity contribution in [2.24, 2.45) is 23.1 Å². The van der Waals surface area contributed by atoms with Crippen molar-refractivity contribution in [2.45, 2.75) is 63.7 Å². The van der Waals surface area contributed by atoms with Crippen LogP contribution in [0, 0.1) is 5.92 Å². The summed E-state index contributed by atoms with van der Waals surface area (Å²) in [6.07, 6.45) is -0.702. The van der Waals surface area contributed by atoms with Crippen molar-refractivity contribution in [3.63, 3.8) is 0 Å². The second-order valence-electron chi connectivity index (χ2n) is 8.66. The summed E-state index contributed by atoms with van der Waals surface area (Å²) in [7, 11) is 0. The van der Waals surface area contributed by atoms with E-state index in [0.29, 0.717) is 5.56 Å². The van der Waals surface area contributed by atoms with Gasteiger partial charge < -0.3 is 38.3 Å². The van der Waals surface area contributed by atoms with Gasteiger partial charge in [-0.3, -0.25) is 24.0 Å². The average molecular weight is 507 g/mol. The van der Waals surface area contributed by atoms with Gasteiger partial charge >= 0.3 is 5.97 Å². The minimum atomic E-state index is -1.57. The van der Waals surface area contributed by atoms with Gasteiger partial charge in [-0.25, -0.2) is 4.79 Å². The van der Waals surface area contributed by atoms with Crippen LogP contribution < -0.4 is 33.2 Å². The quantitative estimate of drug-likeness (QED) is 0.139. The minimum Gasteiger partial charge on any atom is -0.480 e. The fourth-order valence-electron chi connectivity index (χ4n) is 3.22. The fourth-order valence-corrected chi connectivity index (χ4v) is 3.22. The molecule has 1 rings (SSSR count). The van der Waals surface area contributed by atoms with Gasteiger partial charge in [0, 0.05) is 12.8 Å². The van der Waals surface area contributed by atoms with Crippen molar-refractivity contribution in [3.8, 4) is 0 Å². The third-order valence-corrected chi connectivity index (χ3v) is 5.22. The number of benzene rings is 1. The van der Waals surface area contributed by atoms with Gasteiger partial charge in [0.25, 0.3) is 0 Å². The van der Waals surface area contributed by atoms with Crippen molar-refractivity contribution in [3.05, 3.63) is 35.9 Å². The first kappa shape index (κ1) is 30.0. The summed E-state index contributed by atoms with van der Waals surface area (Å²) in [5, 5.41) is 16.5. The Labute approximate surface area is 208 Å². The van der Waals surface area contributed by atoms with Crippen LogP contribution >= 0.6 is 0 Å². The van der Waals surface area contributed by atoms with Crippen LogP contribution in [-0.2, 0) is 35.2 Å². The van der Waals surface area contributed by atoms with E-state index in [2.05, 4.69) is 16.0 Å². The number of carboxylic acid groups (broad SMARTS) is 1. The SMILES string of the molecule is CC(C)C(NC(=O)C(Cc1ccccc1)NC(=O)C(N)CCC(N)=O)C(=O)NC(CC(N)=O)C(=O)O. The van der Waals surface area contributed by atoms with E-state index >= 15 is 0 Å². The predicted octanol–water partition coefficient (Wildman–Crippen LogP) is -2.11. The molecule has 13 heteroatoms. The maximum Gasteiger partial charge on any atom is 0.326 e. The van der Waals surface area contributed by atoms with Crippen molar-refractivity contribution >= 4 is 35.5 Å². The van der Waals surface area contributed by atoms with Crippen molar-refractivity contribution in [2.75, 3.05) is 0 Å². The lowest BCUT2D eigenvalue weighted by Gasteiger charge is -2.27. The second kappa shape index (κ2) is 14.4. The summed E-state index contributed by atoms with van der Waals surface area (Å²) < 4.78 is 0. The molecule has 10 N–H and O–H groups in total. The lowest BCUT2D eigenvalue weighted by Crippen LogP contribution is -2.59. The van der Waals surface area contributed by atoms with Crippen molar-refractivity contribution < 1.29 is 33.9 Å². The predicted molar refractivity (Wildman–Crippen MR) is 129 cm³/mol. The first-order chi connectivity index (χ1) is 16.8. The standard InChI is InChI=1S/C23H34N6O7/c1-12(2)19(22(34)28-16(23(35)36)11-18(26)31)29-21(33)15(10-13-6-4-3-5-7-13)27-20(32)14(24)8-9-17(25)30/h3-7,12,14-16,19H,8-11,24H2,1-2H3,(H2,25,30)(H2,26,31)(H,27,32)(H,28,34)(H,29,33)(H,35,36). The normalized spacial score (nSPS) is 14.1. The van der Waals surface area contributed by atoms with Crippen LogP contribution in [0.5, 0.6) is 0 Å². The van der Waals surface area contributed by atoms with Crippen LogP contribution in [0.25, 0.3) is 0 Å². The van der Waals surface area contributed by atoms with E-state index in [1.807, 2.05) is 0 Å². The second-order valence-corrected chi connectivity index (χ2v) is 8.66. The highest BCUT2D eigenvalue weighted by Crippen LogP contribution is 2.08. The Morgan fingerprint density at radius 2 is 1.42 bits per heavy atom. The number of carbonyl (C=O) groups is 6. The van der Waals surface area contributed by atoms with E-state index in [-0.39, 0.29) is 19.3 Å². The maximum absolute atomic E-state index is 13.2. The van der Waals surface area contributed by atoms with Crippen molar-refractivity contribution in [1.29, 1.82) is 0 Å². The molecule has 1 aromatic rings. The molecule has 0 saturated heterocycles. The van der Waals surface area contributed by atoms with E-state index in [4.69, 9.17) is 17.2 Å². The van der Waals surface area contributed by atoms with Gasteiger partial charge in [-0.15, -0.1) is 0 Å².